The molecule has 2 N–H and O–H groups in total. The fourth-order valence-electron chi connectivity index (χ4n) is 1.10. The summed E-state index contributed by atoms with van der Waals surface area (Å²) in [6.07, 6.45) is 3.33. The van der Waals surface area contributed by atoms with Crippen LogP contribution in [0.4, 0.5) is 17.1 Å². The number of rotatable bonds is 2. The Hall–Kier alpha value is -2.23. The van der Waals surface area contributed by atoms with E-state index in [1.807, 2.05) is 30.3 Å². The van der Waals surface area contributed by atoms with Gasteiger partial charge in [0.15, 0.2) is 0 Å². The van der Waals surface area contributed by atoms with E-state index in [0.717, 1.165) is 0 Å². The maximum absolute atomic E-state index is 5.72. The van der Waals surface area contributed by atoms with Crippen molar-refractivity contribution in [2.24, 2.45) is 10.2 Å². The molecule has 0 radical (unpaired) electrons. The van der Waals surface area contributed by atoms with Gasteiger partial charge >= 0.3 is 0 Å². The van der Waals surface area contributed by atoms with Gasteiger partial charge < -0.3 is 5.73 Å². The maximum Gasteiger partial charge on any atom is 0.109 e. The van der Waals surface area contributed by atoms with Crippen LogP contribution in [-0.2, 0) is 0 Å². The van der Waals surface area contributed by atoms with E-state index in [1.165, 1.54) is 0 Å². The van der Waals surface area contributed by atoms with Crippen molar-refractivity contribution in [2.75, 3.05) is 5.73 Å². The summed E-state index contributed by atoms with van der Waals surface area (Å²) in [4.78, 5) is 3.93. The zero-order chi connectivity index (χ0) is 10.5. The van der Waals surface area contributed by atoms with Crippen LogP contribution in [-0.4, -0.2) is 4.98 Å². The molecule has 0 aliphatic rings. The molecular weight excluding hydrogens is 188 g/mol. The first-order chi connectivity index (χ1) is 7.36. The van der Waals surface area contributed by atoms with Crippen LogP contribution in [0.1, 0.15) is 0 Å². The van der Waals surface area contributed by atoms with Crippen LogP contribution in [0.25, 0.3) is 0 Å². The summed E-state index contributed by atoms with van der Waals surface area (Å²) in [6.45, 7) is 0. The highest BCUT2D eigenvalue weighted by molar-refractivity contribution is 5.61. The van der Waals surface area contributed by atoms with Gasteiger partial charge in [0.1, 0.15) is 11.4 Å². The Morgan fingerprint density at radius 3 is 2.60 bits per heavy atom. The molecule has 0 saturated heterocycles. The first kappa shape index (κ1) is 9.33. The molecule has 0 amide bonds. The maximum atomic E-state index is 5.72. The molecule has 15 heavy (non-hydrogen) atoms. The normalized spacial score (nSPS) is 10.7. The number of para-hydroxylation sites is 1. The second-order valence-corrected chi connectivity index (χ2v) is 2.97. The molecule has 0 bridgehead atoms. The molecule has 4 nitrogen and oxygen atoms in total. The summed E-state index contributed by atoms with van der Waals surface area (Å²) in [6, 6.07) is 11.0. The second-order valence-electron chi connectivity index (χ2n) is 2.97. The van der Waals surface area contributed by atoms with Gasteiger partial charge in [0.25, 0.3) is 0 Å². The van der Waals surface area contributed by atoms with Crippen LogP contribution in [0.2, 0.25) is 0 Å². The standard InChI is InChI=1S/C11H10N4/c12-10-5-1-2-6-11(10)15-14-9-4-3-7-13-8-9/h1-8H,12H2. The average molecular weight is 198 g/mol. The molecule has 0 saturated carbocycles. The van der Waals surface area contributed by atoms with Crippen molar-refractivity contribution in [2.45, 2.75) is 0 Å². The summed E-state index contributed by atoms with van der Waals surface area (Å²) in [7, 11) is 0. The minimum Gasteiger partial charge on any atom is -0.397 e. The van der Waals surface area contributed by atoms with Gasteiger partial charge in [0, 0.05) is 6.20 Å². The van der Waals surface area contributed by atoms with E-state index in [9.17, 15) is 0 Å². The van der Waals surface area contributed by atoms with Crippen molar-refractivity contribution in [3.05, 3.63) is 48.8 Å². The van der Waals surface area contributed by atoms with Crippen molar-refractivity contribution in [3.8, 4) is 0 Å². The lowest BCUT2D eigenvalue weighted by atomic mass is 10.3. The Labute approximate surface area is 87.5 Å². The summed E-state index contributed by atoms with van der Waals surface area (Å²) in [5, 5.41) is 8.06. The summed E-state index contributed by atoms with van der Waals surface area (Å²) in [5.41, 5.74) is 7.71. The number of nitrogens with zero attached hydrogens (tertiary/aromatic N) is 3. The molecule has 0 atom stereocenters. The number of nitrogens with two attached hydrogens (primary N) is 1. The zero-order valence-corrected chi connectivity index (χ0v) is 8.04. The first-order valence-electron chi connectivity index (χ1n) is 4.52. The molecule has 1 heterocycles. The van der Waals surface area contributed by atoms with E-state index in [2.05, 4.69) is 15.2 Å². The van der Waals surface area contributed by atoms with Gasteiger partial charge in [-0.05, 0) is 24.3 Å². The summed E-state index contributed by atoms with van der Waals surface area (Å²) in [5.74, 6) is 0. The SMILES string of the molecule is Nc1ccccc1N=Nc1cccnc1. The molecule has 2 aromatic rings. The van der Waals surface area contributed by atoms with Crippen LogP contribution in [0.5, 0.6) is 0 Å². The topological polar surface area (TPSA) is 63.6 Å². The van der Waals surface area contributed by atoms with Crippen molar-refractivity contribution >= 4 is 17.1 Å². The molecule has 0 spiro atoms. The lowest BCUT2D eigenvalue weighted by molar-refractivity contribution is 1.20. The lowest BCUT2D eigenvalue weighted by Crippen LogP contribution is -1.82. The smallest absolute Gasteiger partial charge is 0.109 e. The molecule has 74 valence electrons. The van der Waals surface area contributed by atoms with E-state index in [-0.39, 0.29) is 0 Å². The van der Waals surface area contributed by atoms with Crippen LogP contribution in [0.15, 0.2) is 59.0 Å². The predicted molar refractivity (Wildman–Crippen MR) is 59.3 cm³/mol. The number of aromatic nitrogens is 1. The fraction of sp³-hybridized carbons (Fsp3) is 0. The molecule has 0 fully saturated rings. The third-order valence-corrected chi connectivity index (χ3v) is 1.86. The summed E-state index contributed by atoms with van der Waals surface area (Å²) < 4.78 is 0. The van der Waals surface area contributed by atoms with Gasteiger partial charge in [-0.1, -0.05) is 12.1 Å². The molecule has 0 aliphatic carbocycles. The lowest BCUT2D eigenvalue weighted by Gasteiger charge is -1.96. The second kappa shape index (κ2) is 4.32. The number of nitrogen functional groups attached to an aromatic ring is 1. The van der Waals surface area contributed by atoms with E-state index in [4.69, 9.17) is 5.73 Å². The van der Waals surface area contributed by atoms with Crippen LogP contribution in [0.3, 0.4) is 0 Å². The van der Waals surface area contributed by atoms with E-state index in [1.54, 1.807) is 18.5 Å². The monoisotopic (exact) mass is 198 g/mol. The average Bonchev–Trinajstić information content (AvgIpc) is 2.29. The Morgan fingerprint density at radius 2 is 1.87 bits per heavy atom. The van der Waals surface area contributed by atoms with Crippen molar-refractivity contribution in [3.63, 3.8) is 0 Å². The Bertz CT molecular complexity index is 465. The molecule has 1 aromatic carbocycles. The Kier molecular flexibility index (Phi) is 2.69. The molecule has 0 unspecified atom stereocenters. The highest BCUT2D eigenvalue weighted by Gasteiger charge is 1.94. The van der Waals surface area contributed by atoms with Crippen molar-refractivity contribution < 1.29 is 0 Å². The largest absolute Gasteiger partial charge is 0.397 e. The molecule has 2 rings (SSSR count). The van der Waals surface area contributed by atoms with Gasteiger partial charge in [0.05, 0.1) is 11.9 Å². The van der Waals surface area contributed by atoms with Crippen molar-refractivity contribution in [1.29, 1.82) is 0 Å². The number of anilines is 1. The van der Waals surface area contributed by atoms with Gasteiger partial charge in [-0.2, -0.15) is 0 Å². The van der Waals surface area contributed by atoms with Crippen LogP contribution >= 0.6 is 0 Å². The number of pyridine rings is 1. The minimum absolute atomic E-state index is 0.616. The van der Waals surface area contributed by atoms with E-state index >= 15 is 0 Å². The molecular formula is C11H10N4. The number of benzene rings is 1. The molecule has 1 aromatic heterocycles. The first-order valence-corrected chi connectivity index (χ1v) is 4.52. The van der Waals surface area contributed by atoms with Gasteiger partial charge in [-0.25, -0.2) is 0 Å². The quantitative estimate of drug-likeness (QED) is 0.595. The van der Waals surface area contributed by atoms with Crippen molar-refractivity contribution in [1.82, 2.24) is 4.98 Å². The fourth-order valence-corrected chi connectivity index (χ4v) is 1.10. The summed E-state index contributed by atoms with van der Waals surface area (Å²) >= 11 is 0. The van der Waals surface area contributed by atoms with E-state index < -0.39 is 0 Å². The predicted octanol–water partition coefficient (Wildman–Crippen LogP) is 3.08. The number of hydrogen-bond acceptors (Lipinski definition) is 4. The molecule has 0 aliphatic heterocycles. The number of hydrogen-bond donors (Lipinski definition) is 1. The Balaban J connectivity index is 2.23. The van der Waals surface area contributed by atoms with Gasteiger partial charge in [-0.15, -0.1) is 10.2 Å². The van der Waals surface area contributed by atoms with Crippen LogP contribution < -0.4 is 5.73 Å². The van der Waals surface area contributed by atoms with E-state index in [0.29, 0.717) is 17.1 Å². The minimum atomic E-state index is 0.616. The zero-order valence-electron chi connectivity index (χ0n) is 8.04. The Morgan fingerprint density at radius 1 is 1.00 bits per heavy atom. The van der Waals surface area contributed by atoms with Gasteiger partial charge in [0.2, 0.25) is 0 Å². The third kappa shape index (κ3) is 2.37. The molecule has 4 heteroatoms. The highest BCUT2D eigenvalue weighted by atomic mass is 15.1. The number of azo groups is 1. The van der Waals surface area contributed by atoms with Gasteiger partial charge in [-0.3, -0.25) is 4.98 Å². The highest BCUT2D eigenvalue weighted by Crippen LogP contribution is 2.22. The third-order valence-electron chi connectivity index (χ3n) is 1.86. The van der Waals surface area contributed by atoms with Crippen LogP contribution in [0, 0.1) is 0 Å².